The Labute approximate surface area is 155 Å². The Hall–Kier alpha value is -1.16. The summed E-state index contributed by atoms with van der Waals surface area (Å²) in [6.07, 6.45) is 0. The van der Waals surface area contributed by atoms with E-state index in [1.807, 2.05) is 18.9 Å². The lowest BCUT2D eigenvalue weighted by atomic mass is 10.2. The standard InChI is InChI=1S/C17H26N2O5S2/c1-3-24-14-4-6-15(7-5-14)26(22,23)17-13-25(20,21)12-16(17)19-10-8-18(2)9-11-19/h4-7,16-17H,3,8-13H2,1-2H3/t16-,17-/m0/s1. The number of rotatable bonds is 5. The van der Waals surface area contributed by atoms with E-state index in [9.17, 15) is 16.8 Å². The molecule has 2 heterocycles. The van der Waals surface area contributed by atoms with Crippen LogP contribution in [0.1, 0.15) is 6.92 Å². The first-order valence-corrected chi connectivity index (χ1v) is 12.2. The van der Waals surface area contributed by atoms with Gasteiger partial charge >= 0.3 is 0 Å². The first-order valence-electron chi connectivity index (χ1n) is 8.83. The number of sulfone groups is 2. The van der Waals surface area contributed by atoms with Crippen LogP contribution in [0.3, 0.4) is 0 Å². The van der Waals surface area contributed by atoms with Crippen LogP contribution in [0.2, 0.25) is 0 Å². The van der Waals surface area contributed by atoms with Crippen LogP contribution in [0, 0.1) is 0 Å². The highest BCUT2D eigenvalue weighted by Gasteiger charge is 2.48. The number of hydrogen-bond donors (Lipinski definition) is 0. The molecule has 0 saturated carbocycles. The van der Waals surface area contributed by atoms with E-state index < -0.39 is 31.0 Å². The zero-order valence-electron chi connectivity index (χ0n) is 15.2. The molecule has 0 bridgehead atoms. The minimum absolute atomic E-state index is 0.0857. The molecule has 0 radical (unpaired) electrons. The van der Waals surface area contributed by atoms with Gasteiger partial charge in [0, 0.05) is 32.2 Å². The van der Waals surface area contributed by atoms with Gasteiger partial charge in [0.2, 0.25) is 0 Å². The van der Waals surface area contributed by atoms with E-state index in [2.05, 4.69) is 4.90 Å². The van der Waals surface area contributed by atoms with Crippen LogP contribution in [0.25, 0.3) is 0 Å². The van der Waals surface area contributed by atoms with Crippen molar-refractivity contribution in [1.82, 2.24) is 9.80 Å². The van der Waals surface area contributed by atoms with E-state index in [0.29, 0.717) is 25.4 Å². The predicted octanol–water partition coefficient (Wildman–Crippen LogP) is 0.272. The third-order valence-corrected chi connectivity index (χ3v) is 9.28. The zero-order chi connectivity index (χ0) is 18.9. The molecule has 7 nitrogen and oxygen atoms in total. The van der Waals surface area contributed by atoms with Crippen LogP contribution in [0.15, 0.2) is 29.2 Å². The van der Waals surface area contributed by atoms with E-state index in [4.69, 9.17) is 4.74 Å². The van der Waals surface area contributed by atoms with E-state index in [1.54, 1.807) is 12.1 Å². The first kappa shape index (κ1) is 19.6. The molecule has 2 aliphatic heterocycles. The molecular weight excluding hydrogens is 376 g/mol. The van der Waals surface area contributed by atoms with Gasteiger partial charge in [-0.25, -0.2) is 16.8 Å². The maximum absolute atomic E-state index is 13.2. The van der Waals surface area contributed by atoms with Crippen LogP contribution < -0.4 is 4.74 Å². The van der Waals surface area contributed by atoms with Gasteiger partial charge in [0.15, 0.2) is 19.7 Å². The first-order chi connectivity index (χ1) is 12.2. The predicted molar refractivity (Wildman–Crippen MR) is 100 cm³/mol. The van der Waals surface area contributed by atoms with Gasteiger partial charge < -0.3 is 9.64 Å². The van der Waals surface area contributed by atoms with Gasteiger partial charge in [0.1, 0.15) is 5.75 Å². The van der Waals surface area contributed by atoms with Crippen LogP contribution >= 0.6 is 0 Å². The molecule has 2 aliphatic rings. The summed E-state index contributed by atoms with van der Waals surface area (Å²) in [5, 5.41) is -0.922. The molecule has 0 N–H and O–H groups in total. The third kappa shape index (κ3) is 4.05. The average Bonchev–Trinajstić information content (AvgIpc) is 2.93. The van der Waals surface area contributed by atoms with Gasteiger partial charge in [-0.3, -0.25) is 4.90 Å². The highest BCUT2D eigenvalue weighted by molar-refractivity contribution is 7.96. The second-order valence-corrected chi connectivity index (χ2v) is 11.3. The topological polar surface area (TPSA) is 84.0 Å². The highest BCUT2D eigenvalue weighted by Crippen LogP contribution is 2.30. The molecule has 146 valence electrons. The minimum Gasteiger partial charge on any atom is -0.494 e. The Morgan fingerprint density at radius 1 is 1.08 bits per heavy atom. The number of nitrogens with zero attached hydrogens (tertiary/aromatic N) is 2. The Kier molecular flexibility index (Phi) is 5.62. The fourth-order valence-electron chi connectivity index (χ4n) is 3.65. The molecule has 1 aromatic rings. The molecule has 0 amide bonds. The van der Waals surface area contributed by atoms with Gasteiger partial charge in [0.05, 0.1) is 28.3 Å². The summed E-state index contributed by atoms with van der Waals surface area (Å²) in [6, 6.07) is 5.76. The van der Waals surface area contributed by atoms with Gasteiger partial charge in [-0.1, -0.05) is 0 Å². The number of ether oxygens (including phenoxy) is 1. The second kappa shape index (κ2) is 7.46. The SMILES string of the molecule is CCOc1ccc(S(=O)(=O)[C@H]2CS(=O)(=O)C[C@@H]2N2CCN(C)CC2)cc1. The molecule has 2 saturated heterocycles. The molecule has 2 atom stereocenters. The van der Waals surface area contributed by atoms with Crippen molar-refractivity contribution in [3.63, 3.8) is 0 Å². The lowest BCUT2D eigenvalue weighted by Crippen LogP contribution is -2.54. The van der Waals surface area contributed by atoms with E-state index >= 15 is 0 Å². The number of likely N-dealkylation sites (N-methyl/N-ethyl adjacent to an activating group) is 1. The van der Waals surface area contributed by atoms with Crippen LogP contribution in [-0.4, -0.2) is 89.3 Å². The number of benzene rings is 1. The summed E-state index contributed by atoms with van der Waals surface area (Å²) in [7, 11) is -5.11. The van der Waals surface area contributed by atoms with Crippen LogP contribution in [-0.2, 0) is 19.7 Å². The molecule has 26 heavy (non-hydrogen) atoms. The van der Waals surface area contributed by atoms with Crippen LogP contribution in [0.5, 0.6) is 5.75 Å². The van der Waals surface area contributed by atoms with Crippen molar-refractivity contribution >= 4 is 19.7 Å². The largest absolute Gasteiger partial charge is 0.494 e. The summed E-state index contributed by atoms with van der Waals surface area (Å²) in [5.74, 6) is 0.207. The molecule has 2 fully saturated rings. The van der Waals surface area contributed by atoms with Crippen molar-refractivity contribution in [1.29, 1.82) is 0 Å². The lowest BCUT2D eigenvalue weighted by molar-refractivity contribution is 0.122. The lowest BCUT2D eigenvalue weighted by Gasteiger charge is -2.37. The maximum atomic E-state index is 13.2. The van der Waals surface area contributed by atoms with Gasteiger partial charge in [0.25, 0.3) is 0 Å². The summed E-state index contributed by atoms with van der Waals surface area (Å²) in [6.45, 7) is 5.35. The van der Waals surface area contributed by atoms with Crippen molar-refractivity contribution in [2.24, 2.45) is 0 Å². The van der Waals surface area contributed by atoms with E-state index in [1.165, 1.54) is 12.1 Å². The molecule has 9 heteroatoms. The summed E-state index contributed by atoms with van der Waals surface area (Å²) in [5.41, 5.74) is 0. The average molecular weight is 403 g/mol. The molecule has 1 aromatic carbocycles. The number of hydrogen-bond acceptors (Lipinski definition) is 7. The molecule has 0 aliphatic carbocycles. The third-order valence-electron chi connectivity index (χ3n) is 5.14. The Morgan fingerprint density at radius 3 is 2.27 bits per heavy atom. The smallest absolute Gasteiger partial charge is 0.183 e. The Morgan fingerprint density at radius 2 is 1.69 bits per heavy atom. The fourth-order valence-corrected chi connectivity index (χ4v) is 8.48. The second-order valence-electron chi connectivity index (χ2n) is 6.97. The van der Waals surface area contributed by atoms with Crippen molar-refractivity contribution in [3.05, 3.63) is 24.3 Å². The van der Waals surface area contributed by atoms with Crippen molar-refractivity contribution in [3.8, 4) is 5.75 Å². The number of piperazine rings is 1. The van der Waals surface area contributed by atoms with Crippen molar-refractivity contribution in [2.75, 3.05) is 51.3 Å². The summed E-state index contributed by atoms with van der Waals surface area (Å²) < 4.78 is 56.2. The molecular formula is C17H26N2O5S2. The molecule has 3 rings (SSSR count). The Bertz CT molecular complexity index is 828. The van der Waals surface area contributed by atoms with E-state index in [-0.39, 0.29) is 16.4 Å². The Balaban J connectivity index is 1.88. The van der Waals surface area contributed by atoms with Gasteiger partial charge in [-0.15, -0.1) is 0 Å². The summed E-state index contributed by atoms with van der Waals surface area (Å²) >= 11 is 0. The van der Waals surface area contributed by atoms with Crippen LogP contribution in [0.4, 0.5) is 0 Å². The normalized spacial score (nSPS) is 27.5. The van der Waals surface area contributed by atoms with Crippen molar-refractivity contribution < 1.29 is 21.6 Å². The molecule has 0 aromatic heterocycles. The minimum atomic E-state index is -3.74. The monoisotopic (exact) mass is 402 g/mol. The molecule has 0 spiro atoms. The van der Waals surface area contributed by atoms with Gasteiger partial charge in [-0.2, -0.15) is 0 Å². The fraction of sp³-hybridized carbons (Fsp3) is 0.647. The summed E-state index contributed by atoms with van der Waals surface area (Å²) in [4.78, 5) is 4.35. The maximum Gasteiger partial charge on any atom is 0.183 e. The van der Waals surface area contributed by atoms with E-state index in [0.717, 1.165) is 13.1 Å². The highest BCUT2D eigenvalue weighted by atomic mass is 32.2. The zero-order valence-corrected chi connectivity index (χ0v) is 16.8. The van der Waals surface area contributed by atoms with Crippen molar-refractivity contribution in [2.45, 2.75) is 23.1 Å². The van der Waals surface area contributed by atoms with Gasteiger partial charge in [-0.05, 0) is 38.2 Å². The molecule has 0 unspecified atom stereocenters. The quantitative estimate of drug-likeness (QED) is 0.699.